The minimum atomic E-state index is -5.40. The van der Waals surface area contributed by atoms with Crippen LogP contribution in [0.5, 0.6) is 0 Å². The van der Waals surface area contributed by atoms with Crippen molar-refractivity contribution in [2.24, 2.45) is 0 Å². The highest BCUT2D eigenvalue weighted by Gasteiger charge is 2.45. The van der Waals surface area contributed by atoms with E-state index >= 15 is 0 Å². The van der Waals surface area contributed by atoms with Crippen molar-refractivity contribution in [3.63, 3.8) is 0 Å². The van der Waals surface area contributed by atoms with Crippen molar-refractivity contribution in [2.45, 2.75) is 52.0 Å². The molecule has 2 aromatic carbocycles. The first-order valence-electron chi connectivity index (χ1n) is 12.9. The molecule has 2 aromatic heterocycles. The summed E-state index contributed by atoms with van der Waals surface area (Å²) in [6, 6.07) is 8.96. The molecule has 12 nitrogen and oxygen atoms in total. The maximum absolute atomic E-state index is 13.8. The van der Waals surface area contributed by atoms with Crippen molar-refractivity contribution in [2.75, 3.05) is 5.32 Å². The predicted molar refractivity (Wildman–Crippen MR) is 146 cm³/mol. The Bertz CT molecular complexity index is 1720. The van der Waals surface area contributed by atoms with Crippen LogP contribution >= 0.6 is 11.6 Å². The number of aryl methyl sites for hydroxylation is 3. The fourth-order valence-electron chi connectivity index (χ4n) is 4.93. The molecule has 0 bridgehead atoms. The molecule has 5 rings (SSSR count). The number of aromatic nitrogens is 6. The van der Waals surface area contributed by atoms with Gasteiger partial charge in [-0.05, 0) is 54.5 Å². The van der Waals surface area contributed by atoms with Crippen LogP contribution in [0, 0.1) is 13.8 Å². The number of anilines is 1. The zero-order valence-electron chi connectivity index (χ0n) is 22.8. The van der Waals surface area contributed by atoms with Crippen LogP contribution in [0.3, 0.4) is 0 Å². The second-order valence-electron chi connectivity index (χ2n) is 9.95. The Morgan fingerprint density at radius 1 is 1.16 bits per heavy atom. The fraction of sp³-hybridized carbons (Fsp3) is 0.296. The van der Waals surface area contributed by atoms with E-state index in [9.17, 15) is 27.6 Å². The van der Waals surface area contributed by atoms with Gasteiger partial charge in [0, 0.05) is 23.6 Å². The smallest absolute Gasteiger partial charge is 0.375 e. The molecule has 4 aromatic rings. The van der Waals surface area contributed by atoms with Crippen LogP contribution < -0.4 is 10.9 Å². The molecule has 224 valence electrons. The number of nitrogens with zero attached hydrogens (tertiary/aromatic N) is 7. The third kappa shape index (κ3) is 6.51. The van der Waals surface area contributed by atoms with Crippen molar-refractivity contribution >= 4 is 29.2 Å². The number of rotatable bonds is 7. The molecule has 3 heterocycles. The Kier molecular flexibility index (Phi) is 8.17. The molecular formula is C27H24ClF3N8O4. The molecule has 1 amide bonds. The summed E-state index contributed by atoms with van der Waals surface area (Å²) >= 11 is 6.13. The summed E-state index contributed by atoms with van der Waals surface area (Å²) in [5.41, 5.74) is 2.93. The van der Waals surface area contributed by atoms with Gasteiger partial charge in [0.2, 0.25) is 0 Å². The van der Waals surface area contributed by atoms with E-state index in [1.165, 1.54) is 35.4 Å². The molecule has 0 saturated carbocycles. The van der Waals surface area contributed by atoms with Gasteiger partial charge in [-0.3, -0.25) is 14.2 Å². The number of carbonyl (C=O) groups is 2. The Morgan fingerprint density at radius 2 is 1.91 bits per heavy atom. The van der Waals surface area contributed by atoms with Crippen LogP contribution in [0.4, 0.5) is 18.9 Å². The van der Waals surface area contributed by atoms with E-state index in [1.54, 1.807) is 0 Å². The zero-order valence-corrected chi connectivity index (χ0v) is 23.6. The quantitative estimate of drug-likeness (QED) is 0.309. The number of benzene rings is 2. The van der Waals surface area contributed by atoms with Gasteiger partial charge in [0.05, 0.1) is 18.4 Å². The molecule has 1 N–H and O–H groups in total. The van der Waals surface area contributed by atoms with Crippen LogP contribution in [0.25, 0.3) is 5.69 Å². The highest BCUT2D eigenvalue weighted by molar-refractivity contribution is 6.30. The average molecular weight is 617 g/mol. The third-order valence-electron chi connectivity index (χ3n) is 6.69. The summed E-state index contributed by atoms with van der Waals surface area (Å²) in [5.74, 6) is -3.41. The fourth-order valence-corrected chi connectivity index (χ4v) is 5.13. The lowest BCUT2D eigenvalue weighted by molar-refractivity contribution is -0.240. The molecule has 1 atom stereocenters. The normalized spacial score (nSPS) is 14.3. The van der Waals surface area contributed by atoms with Gasteiger partial charge in [0.1, 0.15) is 23.9 Å². The van der Waals surface area contributed by atoms with Gasteiger partial charge in [-0.2, -0.15) is 18.2 Å². The summed E-state index contributed by atoms with van der Waals surface area (Å²) in [7, 11) is 0. The summed E-state index contributed by atoms with van der Waals surface area (Å²) in [5, 5.41) is 14.3. The summed E-state index contributed by atoms with van der Waals surface area (Å²) in [4.78, 5) is 48.1. The summed E-state index contributed by atoms with van der Waals surface area (Å²) < 4.78 is 42.1. The molecule has 0 fully saturated rings. The van der Waals surface area contributed by atoms with Crippen molar-refractivity contribution in [1.82, 2.24) is 34.8 Å². The van der Waals surface area contributed by atoms with E-state index in [-0.39, 0.29) is 45.7 Å². The Balaban J connectivity index is 1.46. The lowest BCUT2D eigenvalue weighted by atomic mass is 10.1. The number of carbonyl (C=O) groups excluding carboxylic acids is 2. The van der Waals surface area contributed by atoms with Crippen LogP contribution in [0.1, 0.15) is 40.5 Å². The standard InChI is InChI=1S/C27H24ClF3N8O4/c1-15-7-16(2)9-17(8-15)11-32-20-12-33-23-6-5-22(39(23)24(20)40)25(41)38(43-26(42)27(29,30)31)13-18-10-19(28)3-4-21(18)37-14-34-35-36-37/h3-4,7-10,12,14,22,32H,5-6,11,13H2,1-2H3/t22-/m0/s1. The Morgan fingerprint density at radius 3 is 2.58 bits per heavy atom. The number of nitrogens with one attached hydrogen (secondary N) is 1. The van der Waals surface area contributed by atoms with Gasteiger partial charge < -0.3 is 10.2 Å². The molecule has 1 aliphatic heterocycles. The van der Waals surface area contributed by atoms with Crippen LogP contribution in [0.2, 0.25) is 5.02 Å². The second-order valence-corrected chi connectivity index (χ2v) is 10.4. The van der Waals surface area contributed by atoms with Gasteiger partial charge in [-0.25, -0.2) is 14.5 Å². The van der Waals surface area contributed by atoms with E-state index in [4.69, 9.17) is 11.6 Å². The van der Waals surface area contributed by atoms with Crippen molar-refractivity contribution in [1.29, 1.82) is 0 Å². The molecular weight excluding hydrogens is 593 g/mol. The van der Waals surface area contributed by atoms with E-state index in [0.29, 0.717) is 6.54 Å². The third-order valence-corrected chi connectivity index (χ3v) is 6.93. The predicted octanol–water partition coefficient (Wildman–Crippen LogP) is 3.64. The van der Waals surface area contributed by atoms with Crippen molar-refractivity contribution in [3.8, 4) is 5.69 Å². The maximum atomic E-state index is 13.8. The first-order chi connectivity index (χ1) is 20.4. The first-order valence-corrected chi connectivity index (χ1v) is 13.3. The van der Waals surface area contributed by atoms with E-state index < -0.39 is 36.2 Å². The summed E-state index contributed by atoms with van der Waals surface area (Å²) in [6.45, 7) is 3.53. The van der Waals surface area contributed by atoms with Crippen molar-refractivity contribution < 1.29 is 27.6 Å². The summed E-state index contributed by atoms with van der Waals surface area (Å²) in [6.07, 6.45) is -2.59. The Hall–Kier alpha value is -4.79. The lowest BCUT2D eigenvalue weighted by Gasteiger charge is -2.26. The van der Waals surface area contributed by atoms with Crippen LogP contribution in [0.15, 0.2) is 53.7 Å². The number of tetrazole rings is 1. The van der Waals surface area contributed by atoms with Crippen LogP contribution in [-0.4, -0.2) is 52.9 Å². The highest BCUT2D eigenvalue weighted by atomic mass is 35.5. The van der Waals surface area contributed by atoms with E-state index in [2.05, 4.69) is 30.7 Å². The molecule has 0 spiro atoms. The molecule has 0 radical (unpaired) electrons. The number of halogens is 4. The van der Waals surface area contributed by atoms with Gasteiger partial charge in [-0.1, -0.05) is 40.9 Å². The number of amides is 1. The highest BCUT2D eigenvalue weighted by Crippen LogP contribution is 2.29. The number of hydroxylamine groups is 2. The Labute approximate surface area is 247 Å². The minimum Gasteiger partial charge on any atom is -0.375 e. The first kappa shape index (κ1) is 29.7. The van der Waals surface area contributed by atoms with Gasteiger partial charge >= 0.3 is 12.1 Å². The zero-order chi connectivity index (χ0) is 30.9. The molecule has 16 heteroatoms. The average Bonchev–Trinajstić information content (AvgIpc) is 3.62. The second kappa shape index (κ2) is 11.8. The number of alkyl halides is 3. The van der Waals surface area contributed by atoms with Gasteiger partial charge in [0.15, 0.2) is 0 Å². The van der Waals surface area contributed by atoms with Crippen LogP contribution in [-0.2, 0) is 33.9 Å². The maximum Gasteiger partial charge on any atom is 0.493 e. The molecule has 43 heavy (non-hydrogen) atoms. The number of hydrogen-bond acceptors (Lipinski definition) is 9. The topological polar surface area (TPSA) is 137 Å². The largest absolute Gasteiger partial charge is 0.493 e. The van der Waals surface area contributed by atoms with Gasteiger partial charge in [0.25, 0.3) is 11.5 Å². The van der Waals surface area contributed by atoms with Gasteiger partial charge in [-0.15, -0.1) is 5.10 Å². The van der Waals surface area contributed by atoms with E-state index in [1.807, 2.05) is 32.0 Å². The number of fused-ring (bicyclic) bond motifs is 1. The molecule has 0 unspecified atom stereocenters. The lowest BCUT2D eigenvalue weighted by Crippen LogP contribution is -2.43. The van der Waals surface area contributed by atoms with Crippen molar-refractivity contribution in [3.05, 3.63) is 92.4 Å². The molecule has 1 aliphatic rings. The number of hydrogen-bond donors (Lipinski definition) is 1. The van der Waals surface area contributed by atoms with E-state index in [0.717, 1.165) is 21.3 Å². The SMILES string of the molecule is Cc1cc(C)cc(CNc2cnc3n(c2=O)[C@H](C(=O)N(Cc2cc(Cl)ccc2-n2cnnn2)OC(=O)C(F)(F)F)CC3)c1. The molecule has 0 saturated heterocycles. The molecule has 0 aliphatic carbocycles. The monoisotopic (exact) mass is 616 g/mol. The minimum absolute atomic E-state index is 0.0388.